The van der Waals surface area contributed by atoms with E-state index >= 15 is 0 Å². The van der Waals surface area contributed by atoms with E-state index in [0.717, 1.165) is 63.7 Å². The summed E-state index contributed by atoms with van der Waals surface area (Å²) in [5.41, 5.74) is 0. The molecular weight excluding hydrogens is 721 g/mol. The first-order valence-corrected chi connectivity index (χ1v) is 25.9. The van der Waals surface area contributed by atoms with Crippen molar-refractivity contribution in [2.45, 2.75) is 297 Å². The number of hydrogen-bond acceptors (Lipinski definition) is 6. The van der Waals surface area contributed by atoms with Crippen LogP contribution in [-0.2, 0) is 28.6 Å². The van der Waals surface area contributed by atoms with Crippen LogP contribution < -0.4 is 0 Å². The summed E-state index contributed by atoms with van der Waals surface area (Å²) in [5.74, 6) is -0.0912. The Morgan fingerprint density at radius 1 is 0.328 bits per heavy atom. The maximum atomic E-state index is 12.7. The van der Waals surface area contributed by atoms with Crippen molar-refractivity contribution >= 4 is 17.9 Å². The Labute approximate surface area is 361 Å². The van der Waals surface area contributed by atoms with Crippen LogP contribution in [0.5, 0.6) is 0 Å². The van der Waals surface area contributed by atoms with Crippen LogP contribution in [0.25, 0.3) is 0 Å². The van der Waals surface area contributed by atoms with Gasteiger partial charge >= 0.3 is 17.9 Å². The molecule has 0 heterocycles. The van der Waals surface area contributed by atoms with Gasteiger partial charge in [0.25, 0.3) is 0 Å². The molecule has 0 aromatic carbocycles. The summed E-state index contributed by atoms with van der Waals surface area (Å²) in [6.07, 6.45) is 48.2. The van der Waals surface area contributed by atoms with Crippen molar-refractivity contribution in [1.82, 2.24) is 0 Å². The van der Waals surface area contributed by atoms with Gasteiger partial charge in [-0.3, -0.25) is 14.4 Å². The highest BCUT2D eigenvalue weighted by atomic mass is 16.6. The summed E-state index contributed by atoms with van der Waals surface area (Å²) in [6.45, 7) is 8.96. The third-order valence-corrected chi connectivity index (χ3v) is 11.8. The van der Waals surface area contributed by atoms with Gasteiger partial charge < -0.3 is 14.2 Å². The van der Waals surface area contributed by atoms with Crippen molar-refractivity contribution in [3.05, 3.63) is 0 Å². The van der Waals surface area contributed by atoms with Crippen molar-refractivity contribution in [3.63, 3.8) is 0 Å². The molecule has 0 aromatic heterocycles. The van der Waals surface area contributed by atoms with Crippen LogP contribution in [0, 0.1) is 5.92 Å². The second-order valence-corrected chi connectivity index (χ2v) is 18.3. The topological polar surface area (TPSA) is 78.9 Å². The Morgan fingerprint density at radius 3 is 0.845 bits per heavy atom. The zero-order chi connectivity index (χ0) is 42.4. The average molecular weight is 821 g/mol. The Morgan fingerprint density at radius 2 is 0.569 bits per heavy atom. The van der Waals surface area contributed by atoms with Gasteiger partial charge in [0, 0.05) is 19.3 Å². The van der Waals surface area contributed by atoms with Crippen molar-refractivity contribution in [3.8, 4) is 0 Å². The molecule has 0 saturated carbocycles. The SMILES string of the molecule is CCCCCCCCCCCCCCCCCCCC(=O)OC[C@@H](COC(=O)CCCCCCCCCCCCCCCC)OC(=O)CCCCCCCCC(C)C. The summed E-state index contributed by atoms with van der Waals surface area (Å²) >= 11 is 0. The minimum atomic E-state index is -0.761. The Bertz CT molecular complexity index is 872. The van der Waals surface area contributed by atoms with Crippen molar-refractivity contribution in [2.24, 2.45) is 5.92 Å². The quantitative estimate of drug-likeness (QED) is 0.0346. The zero-order valence-corrected chi connectivity index (χ0v) is 39.5. The van der Waals surface area contributed by atoms with Gasteiger partial charge in [-0.1, -0.05) is 252 Å². The molecule has 0 spiro atoms. The van der Waals surface area contributed by atoms with E-state index in [4.69, 9.17) is 14.2 Å². The minimum Gasteiger partial charge on any atom is -0.462 e. The number of rotatable bonds is 47. The van der Waals surface area contributed by atoms with Crippen LogP contribution >= 0.6 is 0 Å². The maximum absolute atomic E-state index is 12.7. The Balaban J connectivity index is 4.23. The molecule has 0 aliphatic carbocycles. The molecule has 0 bridgehead atoms. The summed E-state index contributed by atoms with van der Waals surface area (Å²) < 4.78 is 16.8. The second-order valence-electron chi connectivity index (χ2n) is 18.3. The van der Waals surface area contributed by atoms with Crippen LogP contribution in [0.1, 0.15) is 291 Å². The van der Waals surface area contributed by atoms with Gasteiger partial charge in [0.1, 0.15) is 13.2 Å². The van der Waals surface area contributed by atoms with E-state index < -0.39 is 6.10 Å². The maximum Gasteiger partial charge on any atom is 0.306 e. The summed E-state index contributed by atoms with van der Waals surface area (Å²) in [7, 11) is 0. The third-order valence-electron chi connectivity index (χ3n) is 11.8. The molecule has 0 aliphatic heterocycles. The smallest absolute Gasteiger partial charge is 0.306 e. The molecule has 344 valence electrons. The molecule has 0 unspecified atom stereocenters. The molecule has 0 aliphatic rings. The normalized spacial score (nSPS) is 11.9. The molecule has 6 nitrogen and oxygen atoms in total. The molecule has 0 aromatic rings. The highest BCUT2D eigenvalue weighted by Gasteiger charge is 2.19. The van der Waals surface area contributed by atoms with Gasteiger partial charge in [-0.15, -0.1) is 0 Å². The van der Waals surface area contributed by atoms with E-state index in [9.17, 15) is 14.4 Å². The van der Waals surface area contributed by atoms with Gasteiger partial charge in [0.2, 0.25) is 0 Å². The molecule has 0 amide bonds. The van der Waals surface area contributed by atoms with Crippen LogP contribution in [0.15, 0.2) is 0 Å². The number of esters is 3. The van der Waals surface area contributed by atoms with Gasteiger partial charge in [0.05, 0.1) is 0 Å². The lowest BCUT2D eigenvalue weighted by atomic mass is 10.0. The van der Waals surface area contributed by atoms with Gasteiger partial charge in [-0.25, -0.2) is 0 Å². The summed E-state index contributed by atoms with van der Waals surface area (Å²) in [6, 6.07) is 0. The molecule has 58 heavy (non-hydrogen) atoms. The first-order valence-electron chi connectivity index (χ1n) is 25.9. The van der Waals surface area contributed by atoms with Crippen molar-refractivity contribution in [2.75, 3.05) is 13.2 Å². The number of unbranched alkanes of at least 4 members (excludes halogenated alkanes) is 34. The van der Waals surface area contributed by atoms with Gasteiger partial charge in [-0.2, -0.15) is 0 Å². The molecule has 6 heteroatoms. The third kappa shape index (κ3) is 45.5. The lowest BCUT2D eigenvalue weighted by Crippen LogP contribution is -2.30. The summed E-state index contributed by atoms with van der Waals surface area (Å²) in [4.78, 5) is 37.9. The van der Waals surface area contributed by atoms with Crippen molar-refractivity contribution in [1.29, 1.82) is 0 Å². The zero-order valence-electron chi connectivity index (χ0n) is 39.5. The second kappa shape index (κ2) is 46.5. The average Bonchev–Trinajstić information content (AvgIpc) is 3.21. The fourth-order valence-electron chi connectivity index (χ4n) is 7.86. The predicted molar refractivity (Wildman–Crippen MR) is 247 cm³/mol. The summed E-state index contributed by atoms with van der Waals surface area (Å²) in [5, 5.41) is 0. The van der Waals surface area contributed by atoms with Crippen LogP contribution in [0.3, 0.4) is 0 Å². The number of carbonyl (C=O) groups excluding carboxylic acids is 3. The molecule has 0 radical (unpaired) electrons. The predicted octanol–water partition coefficient (Wildman–Crippen LogP) is 16.7. The van der Waals surface area contributed by atoms with Crippen molar-refractivity contribution < 1.29 is 28.6 Å². The largest absolute Gasteiger partial charge is 0.462 e. The highest BCUT2D eigenvalue weighted by molar-refractivity contribution is 5.71. The fourth-order valence-corrected chi connectivity index (χ4v) is 7.86. The van der Waals surface area contributed by atoms with Gasteiger partial charge in [-0.05, 0) is 25.2 Å². The van der Waals surface area contributed by atoms with E-state index in [-0.39, 0.29) is 31.1 Å². The van der Waals surface area contributed by atoms with E-state index in [2.05, 4.69) is 27.7 Å². The first-order chi connectivity index (χ1) is 28.4. The van der Waals surface area contributed by atoms with E-state index in [1.54, 1.807) is 0 Å². The first kappa shape index (κ1) is 56.4. The fraction of sp³-hybridized carbons (Fsp3) is 0.942. The minimum absolute atomic E-state index is 0.0640. The standard InChI is InChI=1S/C52H100O6/c1-5-7-9-11-13-15-17-19-21-22-23-25-27-29-31-36-40-44-51(54)57-47-49(58-52(55)45-41-37-33-32-34-38-42-48(3)4)46-56-50(53)43-39-35-30-28-26-24-20-18-16-14-12-10-8-6-2/h48-49H,5-47H2,1-4H3/t49-/m1/s1. The van der Waals surface area contributed by atoms with Gasteiger partial charge in [0.15, 0.2) is 6.10 Å². The molecule has 0 saturated heterocycles. The molecule has 1 atom stereocenters. The van der Waals surface area contributed by atoms with E-state index in [1.807, 2.05) is 0 Å². The number of carbonyl (C=O) groups is 3. The Hall–Kier alpha value is -1.59. The highest BCUT2D eigenvalue weighted by Crippen LogP contribution is 2.17. The molecule has 0 N–H and O–H groups in total. The van der Waals surface area contributed by atoms with Crippen LogP contribution in [-0.4, -0.2) is 37.2 Å². The lowest BCUT2D eigenvalue weighted by Gasteiger charge is -2.18. The van der Waals surface area contributed by atoms with E-state index in [1.165, 1.54) is 186 Å². The molecule has 0 rings (SSSR count). The molecule has 0 fully saturated rings. The van der Waals surface area contributed by atoms with Crippen LogP contribution in [0.2, 0.25) is 0 Å². The van der Waals surface area contributed by atoms with E-state index in [0.29, 0.717) is 19.3 Å². The number of hydrogen-bond donors (Lipinski definition) is 0. The molecular formula is C52H100O6. The van der Waals surface area contributed by atoms with Crippen LogP contribution in [0.4, 0.5) is 0 Å². The monoisotopic (exact) mass is 821 g/mol. The lowest BCUT2D eigenvalue weighted by molar-refractivity contribution is -0.167. The number of ether oxygens (including phenoxy) is 3. The Kier molecular flexibility index (Phi) is 45.2.